The maximum absolute atomic E-state index is 6.41. The van der Waals surface area contributed by atoms with Crippen LogP contribution in [0.2, 0.25) is 0 Å². The Balaban J connectivity index is 1.89. The molecule has 100 valence electrons. The van der Waals surface area contributed by atoms with E-state index in [0.29, 0.717) is 0 Å². The Morgan fingerprint density at radius 3 is 2.79 bits per heavy atom. The minimum absolute atomic E-state index is 0.0563. The second-order valence-electron chi connectivity index (χ2n) is 5.71. The summed E-state index contributed by atoms with van der Waals surface area (Å²) in [5.74, 6) is 0. The predicted octanol–water partition coefficient (Wildman–Crippen LogP) is 3.28. The molecule has 1 fully saturated rings. The van der Waals surface area contributed by atoms with Gasteiger partial charge < -0.3 is 10.5 Å². The van der Waals surface area contributed by atoms with Crippen molar-refractivity contribution < 1.29 is 4.74 Å². The number of nitrogens with two attached hydrogens (primary N) is 1. The maximum Gasteiger partial charge on any atom is 0.0808 e. The first kappa shape index (κ1) is 12.6. The summed E-state index contributed by atoms with van der Waals surface area (Å²) >= 11 is 0. The normalized spacial score (nSPS) is 24.7. The molecule has 2 unspecified atom stereocenters. The number of hydrogen-bond donors (Lipinski definition) is 1. The average molecular weight is 255 g/mol. The molecular formula is C17H21NO. The Morgan fingerprint density at radius 1 is 1.21 bits per heavy atom. The third-order valence-corrected chi connectivity index (χ3v) is 4.35. The van der Waals surface area contributed by atoms with Gasteiger partial charge in [-0.25, -0.2) is 0 Å². The van der Waals surface area contributed by atoms with E-state index in [-0.39, 0.29) is 11.6 Å². The van der Waals surface area contributed by atoms with E-state index in [1.54, 1.807) is 0 Å². The molecule has 0 saturated carbocycles. The molecule has 0 aromatic heterocycles. The predicted molar refractivity (Wildman–Crippen MR) is 79.2 cm³/mol. The Hall–Kier alpha value is -1.38. The molecule has 0 radical (unpaired) electrons. The molecule has 0 spiro atoms. The standard InChI is InChI=1S/C17H21NO/c1-17(10-5-11-19-17)16(18)12-14-8-4-7-13-6-2-3-9-15(13)14/h2-4,6-9,16H,5,10-12,18H2,1H3. The topological polar surface area (TPSA) is 35.2 Å². The van der Waals surface area contributed by atoms with Crippen LogP contribution in [0.25, 0.3) is 10.8 Å². The molecule has 2 N–H and O–H groups in total. The molecule has 19 heavy (non-hydrogen) atoms. The van der Waals surface area contributed by atoms with Crippen molar-refractivity contribution >= 4 is 10.8 Å². The van der Waals surface area contributed by atoms with Gasteiger partial charge >= 0.3 is 0 Å². The van der Waals surface area contributed by atoms with Gasteiger partial charge in [-0.3, -0.25) is 0 Å². The smallest absolute Gasteiger partial charge is 0.0808 e. The van der Waals surface area contributed by atoms with E-state index in [1.165, 1.54) is 16.3 Å². The Bertz CT molecular complexity index is 567. The number of rotatable bonds is 3. The van der Waals surface area contributed by atoms with E-state index >= 15 is 0 Å². The zero-order valence-electron chi connectivity index (χ0n) is 11.4. The molecule has 1 aliphatic rings. The van der Waals surface area contributed by atoms with Gasteiger partial charge in [-0.1, -0.05) is 42.5 Å². The molecule has 1 aliphatic heterocycles. The molecule has 0 bridgehead atoms. The summed E-state index contributed by atoms with van der Waals surface area (Å²) in [7, 11) is 0. The average Bonchev–Trinajstić information content (AvgIpc) is 2.87. The maximum atomic E-state index is 6.41. The minimum Gasteiger partial charge on any atom is -0.374 e. The molecule has 2 atom stereocenters. The zero-order chi connectivity index (χ0) is 13.3. The van der Waals surface area contributed by atoms with Crippen LogP contribution in [-0.2, 0) is 11.2 Å². The summed E-state index contributed by atoms with van der Waals surface area (Å²) in [5.41, 5.74) is 7.58. The van der Waals surface area contributed by atoms with Crippen LogP contribution in [-0.4, -0.2) is 18.2 Å². The Morgan fingerprint density at radius 2 is 2.00 bits per heavy atom. The molecule has 2 heteroatoms. The number of ether oxygens (including phenoxy) is 1. The number of benzene rings is 2. The second kappa shape index (κ2) is 4.95. The van der Waals surface area contributed by atoms with Gasteiger partial charge in [-0.2, -0.15) is 0 Å². The fraction of sp³-hybridized carbons (Fsp3) is 0.412. The summed E-state index contributed by atoms with van der Waals surface area (Å²) in [4.78, 5) is 0. The van der Waals surface area contributed by atoms with Crippen molar-refractivity contribution in [1.82, 2.24) is 0 Å². The van der Waals surface area contributed by atoms with Gasteiger partial charge in [-0.15, -0.1) is 0 Å². The highest BCUT2D eigenvalue weighted by Gasteiger charge is 2.36. The van der Waals surface area contributed by atoms with Crippen LogP contribution in [0.1, 0.15) is 25.3 Å². The monoisotopic (exact) mass is 255 g/mol. The van der Waals surface area contributed by atoms with Crippen molar-refractivity contribution in [1.29, 1.82) is 0 Å². The summed E-state index contributed by atoms with van der Waals surface area (Å²) in [6.07, 6.45) is 3.07. The van der Waals surface area contributed by atoms with E-state index in [1.807, 2.05) is 0 Å². The molecule has 0 aliphatic carbocycles. The molecule has 2 nitrogen and oxygen atoms in total. The van der Waals surface area contributed by atoms with E-state index in [0.717, 1.165) is 25.9 Å². The zero-order valence-corrected chi connectivity index (χ0v) is 11.4. The lowest BCUT2D eigenvalue weighted by Crippen LogP contribution is -2.46. The van der Waals surface area contributed by atoms with Crippen LogP contribution < -0.4 is 5.73 Å². The third kappa shape index (κ3) is 2.38. The van der Waals surface area contributed by atoms with Gasteiger partial charge in [0.25, 0.3) is 0 Å². The van der Waals surface area contributed by atoms with Crippen molar-refractivity contribution in [3.05, 3.63) is 48.0 Å². The van der Waals surface area contributed by atoms with Crippen LogP contribution in [0.5, 0.6) is 0 Å². The molecule has 3 rings (SSSR count). The number of fused-ring (bicyclic) bond motifs is 1. The van der Waals surface area contributed by atoms with Crippen LogP contribution in [0.15, 0.2) is 42.5 Å². The summed E-state index contributed by atoms with van der Waals surface area (Å²) < 4.78 is 5.86. The quantitative estimate of drug-likeness (QED) is 0.913. The first-order valence-electron chi connectivity index (χ1n) is 7.05. The highest BCUT2D eigenvalue weighted by atomic mass is 16.5. The Labute approximate surface area is 114 Å². The fourth-order valence-electron chi connectivity index (χ4n) is 3.02. The van der Waals surface area contributed by atoms with E-state index < -0.39 is 0 Å². The molecule has 0 amide bonds. The van der Waals surface area contributed by atoms with E-state index in [4.69, 9.17) is 10.5 Å². The summed E-state index contributed by atoms with van der Waals surface area (Å²) in [5, 5.41) is 2.59. The minimum atomic E-state index is -0.156. The van der Waals surface area contributed by atoms with Gasteiger partial charge in [0.05, 0.1) is 5.60 Å². The highest BCUT2D eigenvalue weighted by Crippen LogP contribution is 2.30. The van der Waals surface area contributed by atoms with Gasteiger partial charge in [0.1, 0.15) is 0 Å². The molecular weight excluding hydrogens is 234 g/mol. The largest absolute Gasteiger partial charge is 0.374 e. The van der Waals surface area contributed by atoms with Gasteiger partial charge in [-0.05, 0) is 42.5 Å². The van der Waals surface area contributed by atoms with Crippen LogP contribution in [0.4, 0.5) is 0 Å². The Kier molecular flexibility index (Phi) is 3.29. The van der Waals surface area contributed by atoms with Crippen molar-refractivity contribution in [3.63, 3.8) is 0 Å². The number of hydrogen-bond acceptors (Lipinski definition) is 2. The molecule has 1 saturated heterocycles. The van der Waals surface area contributed by atoms with Crippen LogP contribution >= 0.6 is 0 Å². The van der Waals surface area contributed by atoms with Crippen molar-refractivity contribution in [2.24, 2.45) is 5.73 Å². The molecule has 2 aromatic carbocycles. The first-order valence-corrected chi connectivity index (χ1v) is 7.05. The van der Waals surface area contributed by atoms with Crippen LogP contribution in [0, 0.1) is 0 Å². The summed E-state index contributed by atoms with van der Waals surface area (Å²) in [6, 6.07) is 15.0. The second-order valence-corrected chi connectivity index (χ2v) is 5.71. The SMILES string of the molecule is CC1(C(N)Cc2cccc3ccccc23)CCCO1. The lowest BCUT2D eigenvalue weighted by molar-refractivity contribution is -0.000828. The first-order chi connectivity index (χ1) is 9.19. The molecule has 2 aromatic rings. The third-order valence-electron chi connectivity index (χ3n) is 4.35. The summed E-state index contributed by atoms with van der Waals surface area (Å²) in [6.45, 7) is 3.00. The van der Waals surface area contributed by atoms with Gasteiger partial charge in [0, 0.05) is 12.6 Å². The molecule has 1 heterocycles. The lowest BCUT2D eigenvalue weighted by atomic mass is 9.87. The van der Waals surface area contributed by atoms with Crippen molar-refractivity contribution in [3.8, 4) is 0 Å². The van der Waals surface area contributed by atoms with Gasteiger partial charge in [0.2, 0.25) is 0 Å². The van der Waals surface area contributed by atoms with E-state index in [9.17, 15) is 0 Å². The van der Waals surface area contributed by atoms with Crippen LogP contribution in [0.3, 0.4) is 0 Å². The lowest BCUT2D eigenvalue weighted by Gasteiger charge is -2.30. The highest BCUT2D eigenvalue weighted by molar-refractivity contribution is 5.85. The van der Waals surface area contributed by atoms with Crippen molar-refractivity contribution in [2.45, 2.75) is 37.8 Å². The van der Waals surface area contributed by atoms with Gasteiger partial charge in [0.15, 0.2) is 0 Å². The fourth-order valence-corrected chi connectivity index (χ4v) is 3.02. The van der Waals surface area contributed by atoms with Crippen molar-refractivity contribution in [2.75, 3.05) is 6.61 Å². The van der Waals surface area contributed by atoms with E-state index in [2.05, 4.69) is 49.4 Å².